The Kier molecular flexibility index (Phi) is 6.17. The van der Waals surface area contributed by atoms with Crippen LogP contribution in [0, 0.1) is 0 Å². The Morgan fingerprint density at radius 2 is 1.59 bits per heavy atom. The molecule has 1 atom stereocenters. The van der Waals surface area contributed by atoms with Gasteiger partial charge in [0.25, 0.3) is 0 Å². The van der Waals surface area contributed by atoms with Gasteiger partial charge >= 0.3 is 0 Å². The molecule has 2 heteroatoms. The third kappa shape index (κ3) is 4.97. The van der Waals surface area contributed by atoms with Crippen LogP contribution in [0.4, 0.5) is 0 Å². The van der Waals surface area contributed by atoms with Crippen molar-refractivity contribution in [1.82, 2.24) is 0 Å². The maximum atomic E-state index is 5.94. The second kappa shape index (κ2) is 8.11. The van der Waals surface area contributed by atoms with E-state index >= 15 is 0 Å². The second-order valence-corrected chi connectivity index (χ2v) is 6.59. The van der Waals surface area contributed by atoms with Gasteiger partial charge < -0.3 is 4.74 Å². The van der Waals surface area contributed by atoms with E-state index in [0.717, 1.165) is 22.0 Å². The monoisotopic (exact) mass is 356 g/mol. The van der Waals surface area contributed by atoms with E-state index in [-0.39, 0.29) is 6.10 Å². The third-order valence-corrected chi connectivity index (χ3v) is 3.59. The molecule has 0 saturated heterocycles. The molecule has 22 heavy (non-hydrogen) atoms. The Labute approximate surface area is 141 Å². The second-order valence-electron chi connectivity index (χ2n) is 5.47. The fraction of sp³-hybridized carbons (Fsp3) is 0.200. The van der Waals surface area contributed by atoms with Gasteiger partial charge in [-0.3, -0.25) is 0 Å². The van der Waals surface area contributed by atoms with Crippen molar-refractivity contribution in [3.05, 3.63) is 83.4 Å². The molecule has 0 aliphatic rings. The number of rotatable bonds is 7. The SMILES string of the molecule is C=C(C)CC(OCC(=C)Br)c1ccc(-c2ccccc2)cc1. The Morgan fingerprint density at radius 1 is 1.00 bits per heavy atom. The molecule has 0 spiro atoms. The quantitative estimate of drug-likeness (QED) is 0.530. The van der Waals surface area contributed by atoms with E-state index < -0.39 is 0 Å². The summed E-state index contributed by atoms with van der Waals surface area (Å²) >= 11 is 3.34. The first kappa shape index (κ1) is 16.7. The molecule has 0 aliphatic carbocycles. The fourth-order valence-corrected chi connectivity index (χ4v) is 2.43. The zero-order valence-corrected chi connectivity index (χ0v) is 14.5. The van der Waals surface area contributed by atoms with Crippen molar-refractivity contribution in [2.24, 2.45) is 0 Å². The highest BCUT2D eigenvalue weighted by atomic mass is 79.9. The molecule has 114 valence electrons. The van der Waals surface area contributed by atoms with Crippen LogP contribution in [0.15, 0.2) is 77.8 Å². The molecular weight excluding hydrogens is 336 g/mol. The summed E-state index contributed by atoms with van der Waals surface area (Å²) in [6.07, 6.45) is 0.821. The van der Waals surface area contributed by atoms with Gasteiger partial charge in [-0.15, -0.1) is 6.58 Å². The molecular formula is C20H21BrO. The molecule has 0 heterocycles. The fourth-order valence-electron chi connectivity index (χ4n) is 2.30. The Balaban J connectivity index is 2.17. The van der Waals surface area contributed by atoms with Crippen LogP contribution in [-0.2, 0) is 4.74 Å². The zero-order valence-electron chi connectivity index (χ0n) is 12.9. The molecule has 0 radical (unpaired) electrons. The molecule has 0 aromatic heterocycles. The largest absolute Gasteiger partial charge is 0.368 e. The van der Waals surface area contributed by atoms with Crippen LogP contribution in [-0.4, -0.2) is 6.61 Å². The first-order chi connectivity index (χ1) is 10.6. The number of halogens is 1. The van der Waals surface area contributed by atoms with Crippen molar-refractivity contribution in [3.8, 4) is 11.1 Å². The summed E-state index contributed by atoms with van der Waals surface area (Å²) in [5.74, 6) is 0. The van der Waals surface area contributed by atoms with Crippen molar-refractivity contribution in [1.29, 1.82) is 0 Å². The van der Waals surface area contributed by atoms with Crippen molar-refractivity contribution >= 4 is 15.9 Å². The average molecular weight is 357 g/mol. The lowest BCUT2D eigenvalue weighted by Crippen LogP contribution is -2.06. The summed E-state index contributed by atoms with van der Waals surface area (Å²) < 4.78 is 6.79. The van der Waals surface area contributed by atoms with Gasteiger partial charge in [0.2, 0.25) is 0 Å². The molecule has 0 bridgehead atoms. The molecule has 1 unspecified atom stereocenters. The first-order valence-corrected chi connectivity index (χ1v) is 8.10. The van der Waals surface area contributed by atoms with Gasteiger partial charge in [-0.2, -0.15) is 0 Å². The molecule has 0 amide bonds. The van der Waals surface area contributed by atoms with E-state index in [9.17, 15) is 0 Å². The topological polar surface area (TPSA) is 9.23 Å². The van der Waals surface area contributed by atoms with Crippen molar-refractivity contribution < 1.29 is 4.74 Å². The number of hydrogen-bond acceptors (Lipinski definition) is 1. The summed E-state index contributed by atoms with van der Waals surface area (Å²) in [6, 6.07) is 18.9. The van der Waals surface area contributed by atoms with Crippen LogP contribution in [0.1, 0.15) is 25.0 Å². The molecule has 2 aromatic carbocycles. The maximum Gasteiger partial charge on any atom is 0.0866 e. The van der Waals surface area contributed by atoms with E-state index in [0.29, 0.717) is 6.61 Å². The Hall–Kier alpha value is -1.64. The third-order valence-electron chi connectivity index (χ3n) is 3.36. The van der Waals surface area contributed by atoms with Gasteiger partial charge in [-0.25, -0.2) is 0 Å². The van der Waals surface area contributed by atoms with E-state index in [2.05, 4.69) is 77.6 Å². The smallest absolute Gasteiger partial charge is 0.0866 e. The van der Waals surface area contributed by atoms with Crippen LogP contribution in [0.2, 0.25) is 0 Å². The van der Waals surface area contributed by atoms with Gasteiger partial charge in [0.15, 0.2) is 0 Å². The van der Waals surface area contributed by atoms with E-state index in [1.807, 2.05) is 13.0 Å². The van der Waals surface area contributed by atoms with Crippen LogP contribution in [0.3, 0.4) is 0 Å². The molecule has 0 fully saturated rings. The van der Waals surface area contributed by atoms with Crippen molar-refractivity contribution in [2.45, 2.75) is 19.4 Å². The van der Waals surface area contributed by atoms with Gasteiger partial charge in [0, 0.05) is 4.48 Å². The minimum Gasteiger partial charge on any atom is -0.368 e. The Morgan fingerprint density at radius 3 is 2.14 bits per heavy atom. The van der Waals surface area contributed by atoms with E-state index in [1.54, 1.807) is 0 Å². The van der Waals surface area contributed by atoms with Gasteiger partial charge in [0.05, 0.1) is 12.7 Å². The van der Waals surface area contributed by atoms with Crippen LogP contribution >= 0.6 is 15.9 Å². The van der Waals surface area contributed by atoms with Gasteiger partial charge in [-0.1, -0.05) is 82.7 Å². The highest BCUT2D eigenvalue weighted by Crippen LogP contribution is 2.28. The number of hydrogen-bond donors (Lipinski definition) is 0. The van der Waals surface area contributed by atoms with Crippen molar-refractivity contribution in [2.75, 3.05) is 6.61 Å². The number of ether oxygens (including phenoxy) is 1. The molecule has 0 N–H and O–H groups in total. The molecule has 0 aliphatic heterocycles. The summed E-state index contributed by atoms with van der Waals surface area (Å²) in [6.45, 7) is 10.3. The lowest BCUT2D eigenvalue weighted by Gasteiger charge is -2.19. The highest BCUT2D eigenvalue weighted by Gasteiger charge is 2.13. The lowest BCUT2D eigenvalue weighted by atomic mass is 9.99. The summed E-state index contributed by atoms with van der Waals surface area (Å²) in [4.78, 5) is 0. The first-order valence-electron chi connectivity index (χ1n) is 7.31. The van der Waals surface area contributed by atoms with Crippen LogP contribution in [0.5, 0.6) is 0 Å². The predicted molar refractivity (Wildman–Crippen MR) is 98.1 cm³/mol. The van der Waals surface area contributed by atoms with Crippen molar-refractivity contribution in [3.63, 3.8) is 0 Å². The summed E-state index contributed by atoms with van der Waals surface area (Å²) in [7, 11) is 0. The van der Waals surface area contributed by atoms with E-state index in [1.165, 1.54) is 11.1 Å². The van der Waals surface area contributed by atoms with Crippen LogP contribution < -0.4 is 0 Å². The number of benzene rings is 2. The van der Waals surface area contributed by atoms with E-state index in [4.69, 9.17) is 4.74 Å². The maximum absolute atomic E-state index is 5.94. The Bertz CT molecular complexity index is 629. The van der Waals surface area contributed by atoms with Gasteiger partial charge in [0.1, 0.15) is 0 Å². The minimum absolute atomic E-state index is 0.0108. The summed E-state index contributed by atoms with van der Waals surface area (Å²) in [5.41, 5.74) is 4.71. The normalized spacial score (nSPS) is 11.9. The molecule has 2 rings (SSSR count). The van der Waals surface area contributed by atoms with Gasteiger partial charge in [-0.05, 0) is 30.0 Å². The minimum atomic E-state index is 0.0108. The average Bonchev–Trinajstić information content (AvgIpc) is 2.52. The highest BCUT2D eigenvalue weighted by molar-refractivity contribution is 9.11. The molecule has 1 nitrogen and oxygen atoms in total. The van der Waals surface area contributed by atoms with Crippen LogP contribution in [0.25, 0.3) is 11.1 Å². The lowest BCUT2D eigenvalue weighted by molar-refractivity contribution is 0.0735. The predicted octanol–water partition coefficient (Wildman–Crippen LogP) is 6.29. The standard InChI is InChI=1S/C20H21BrO/c1-15(2)13-20(22-14-16(3)21)19-11-9-18(10-12-19)17-7-5-4-6-8-17/h4-12,20H,1,3,13-14H2,2H3. The summed E-state index contributed by atoms with van der Waals surface area (Å²) in [5, 5.41) is 0. The molecule has 2 aromatic rings. The zero-order chi connectivity index (χ0) is 15.9. The molecule has 0 saturated carbocycles.